The molecule has 1 aliphatic carbocycles. The standard InChI is InChI=1S/C32H30F6O3/c1-3-5-6-7-19-10-13-24(30(37)26(19)33)32(39)41-20-11-8-18(9-12-20)21-14-15-22(28(35)27(21)34)23-16-17-25(40-4-2)31(38)29(23)36/h3,5,10,13-18,20H,4,6-9,11-12H2,1-2H3/b5-3+. The SMILES string of the molecule is C/C=C/CCc1ccc(C(=O)OC2CCC(c3ccc(-c4ccc(OCC)c(F)c4F)c(F)c3F)CC2)c(F)c1F. The minimum Gasteiger partial charge on any atom is -0.491 e. The molecule has 9 heteroatoms. The summed E-state index contributed by atoms with van der Waals surface area (Å²) in [7, 11) is 0. The van der Waals surface area contributed by atoms with Gasteiger partial charge in [-0.25, -0.2) is 26.7 Å². The number of halogens is 6. The normalized spacial score (nSPS) is 17.2. The van der Waals surface area contributed by atoms with Gasteiger partial charge in [-0.1, -0.05) is 30.4 Å². The molecular formula is C32H30F6O3. The highest BCUT2D eigenvalue weighted by molar-refractivity contribution is 5.90. The number of allylic oxidation sites excluding steroid dienone is 2. The smallest absolute Gasteiger partial charge is 0.341 e. The summed E-state index contributed by atoms with van der Waals surface area (Å²) in [6.45, 7) is 3.53. The van der Waals surface area contributed by atoms with Crippen LogP contribution in [-0.2, 0) is 11.2 Å². The number of carbonyl (C=O) groups excluding carboxylic acids is 1. The number of esters is 1. The Bertz CT molecular complexity index is 1440. The maximum absolute atomic E-state index is 15.1. The average Bonchev–Trinajstić information content (AvgIpc) is 2.96. The summed E-state index contributed by atoms with van der Waals surface area (Å²) >= 11 is 0. The van der Waals surface area contributed by atoms with E-state index in [9.17, 15) is 22.4 Å². The van der Waals surface area contributed by atoms with Crippen LogP contribution in [0.4, 0.5) is 26.3 Å². The third-order valence-corrected chi connectivity index (χ3v) is 7.34. The number of hydrogen-bond acceptors (Lipinski definition) is 3. The predicted octanol–water partition coefficient (Wildman–Crippen LogP) is 8.98. The van der Waals surface area contributed by atoms with Crippen molar-refractivity contribution < 1.29 is 40.6 Å². The highest BCUT2D eigenvalue weighted by Gasteiger charge is 2.30. The minimum atomic E-state index is -1.34. The summed E-state index contributed by atoms with van der Waals surface area (Å²) in [5.74, 6) is -9.17. The Morgan fingerprint density at radius 3 is 2.12 bits per heavy atom. The molecule has 0 radical (unpaired) electrons. The molecule has 0 spiro atoms. The largest absolute Gasteiger partial charge is 0.491 e. The third kappa shape index (κ3) is 6.44. The number of ether oxygens (including phenoxy) is 2. The van der Waals surface area contributed by atoms with Gasteiger partial charge in [-0.05, 0) is 87.6 Å². The van der Waals surface area contributed by atoms with Gasteiger partial charge in [0.05, 0.1) is 12.2 Å². The highest BCUT2D eigenvalue weighted by atomic mass is 19.2. The van der Waals surface area contributed by atoms with E-state index in [0.717, 1.165) is 12.1 Å². The van der Waals surface area contributed by atoms with Gasteiger partial charge in [-0.3, -0.25) is 0 Å². The molecular weight excluding hydrogens is 546 g/mol. The zero-order chi connectivity index (χ0) is 29.7. The van der Waals surface area contributed by atoms with Crippen molar-refractivity contribution in [3.63, 3.8) is 0 Å². The van der Waals surface area contributed by atoms with Crippen LogP contribution in [-0.4, -0.2) is 18.7 Å². The summed E-state index contributed by atoms with van der Waals surface area (Å²) in [6.07, 6.45) is 5.10. The van der Waals surface area contributed by atoms with E-state index in [4.69, 9.17) is 9.47 Å². The number of benzene rings is 3. The lowest BCUT2D eigenvalue weighted by Gasteiger charge is -2.29. The van der Waals surface area contributed by atoms with E-state index in [1.807, 2.05) is 19.1 Å². The van der Waals surface area contributed by atoms with Gasteiger partial charge in [-0.15, -0.1) is 0 Å². The molecule has 0 aliphatic heterocycles. The molecule has 0 atom stereocenters. The van der Waals surface area contributed by atoms with Crippen molar-refractivity contribution >= 4 is 5.97 Å². The first-order valence-corrected chi connectivity index (χ1v) is 13.6. The molecule has 1 saturated carbocycles. The molecule has 0 aromatic heterocycles. The molecule has 4 rings (SSSR count). The maximum atomic E-state index is 15.1. The molecule has 41 heavy (non-hydrogen) atoms. The Hall–Kier alpha value is -3.75. The third-order valence-electron chi connectivity index (χ3n) is 7.34. The van der Waals surface area contributed by atoms with Gasteiger partial charge in [0.25, 0.3) is 0 Å². The van der Waals surface area contributed by atoms with E-state index in [2.05, 4.69) is 0 Å². The van der Waals surface area contributed by atoms with E-state index in [1.54, 1.807) is 6.92 Å². The topological polar surface area (TPSA) is 35.5 Å². The average molecular weight is 577 g/mol. The number of carbonyl (C=O) groups is 1. The van der Waals surface area contributed by atoms with Crippen LogP contribution in [0.2, 0.25) is 0 Å². The fraction of sp³-hybridized carbons (Fsp3) is 0.344. The van der Waals surface area contributed by atoms with Gasteiger partial charge in [0.15, 0.2) is 34.8 Å². The maximum Gasteiger partial charge on any atom is 0.341 e. The molecule has 0 N–H and O–H groups in total. The lowest BCUT2D eigenvalue weighted by atomic mass is 9.82. The number of aryl methyl sites for hydroxylation is 1. The van der Waals surface area contributed by atoms with E-state index >= 15 is 8.78 Å². The van der Waals surface area contributed by atoms with Crippen LogP contribution < -0.4 is 4.74 Å². The molecule has 0 unspecified atom stereocenters. The first-order chi connectivity index (χ1) is 19.7. The molecule has 0 bridgehead atoms. The monoisotopic (exact) mass is 576 g/mol. The van der Waals surface area contributed by atoms with Crippen molar-refractivity contribution in [3.05, 3.63) is 100 Å². The van der Waals surface area contributed by atoms with Gasteiger partial charge >= 0.3 is 5.97 Å². The summed E-state index contributed by atoms with van der Waals surface area (Å²) in [5.41, 5.74) is -1.12. The van der Waals surface area contributed by atoms with Crippen molar-refractivity contribution in [1.29, 1.82) is 0 Å². The fourth-order valence-electron chi connectivity index (χ4n) is 5.15. The Morgan fingerprint density at radius 2 is 1.46 bits per heavy atom. The van der Waals surface area contributed by atoms with Gasteiger partial charge in [0, 0.05) is 11.1 Å². The van der Waals surface area contributed by atoms with Gasteiger partial charge in [-0.2, -0.15) is 4.39 Å². The molecule has 3 nitrogen and oxygen atoms in total. The predicted molar refractivity (Wildman–Crippen MR) is 143 cm³/mol. The quantitative estimate of drug-likeness (QED) is 0.145. The molecule has 0 amide bonds. The highest BCUT2D eigenvalue weighted by Crippen LogP contribution is 2.39. The van der Waals surface area contributed by atoms with Crippen LogP contribution in [0.25, 0.3) is 11.1 Å². The summed E-state index contributed by atoms with van der Waals surface area (Å²) in [6, 6.07) is 7.41. The first kappa shape index (κ1) is 30.2. The molecule has 218 valence electrons. The summed E-state index contributed by atoms with van der Waals surface area (Å²) < 4.78 is 98.5. The van der Waals surface area contributed by atoms with E-state index in [1.165, 1.54) is 24.3 Å². The zero-order valence-electron chi connectivity index (χ0n) is 22.7. The van der Waals surface area contributed by atoms with Crippen LogP contribution in [0.3, 0.4) is 0 Å². The molecule has 1 fully saturated rings. The minimum absolute atomic E-state index is 0.0736. The van der Waals surface area contributed by atoms with Crippen molar-refractivity contribution in [2.24, 2.45) is 0 Å². The molecule has 3 aromatic rings. The van der Waals surface area contributed by atoms with Crippen LogP contribution in [0, 0.1) is 34.9 Å². The Labute approximate surface area is 234 Å². The molecule has 0 saturated heterocycles. The van der Waals surface area contributed by atoms with Crippen molar-refractivity contribution in [3.8, 4) is 16.9 Å². The molecule has 1 aliphatic rings. The van der Waals surface area contributed by atoms with Crippen molar-refractivity contribution in [1.82, 2.24) is 0 Å². The second-order valence-corrected chi connectivity index (χ2v) is 9.89. The van der Waals surface area contributed by atoms with E-state index < -0.39 is 69.6 Å². The van der Waals surface area contributed by atoms with Crippen LogP contribution in [0.5, 0.6) is 5.75 Å². The van der Waals surface area contributed by atoms with E-state index in [0.29, 0.717) is 32.1 Å². The number of hydrogen-bond donors (Lipinski definition) is 0. The second kappa shape index (κ2) is 13.3. The number of rotatable bonds is 9. The van der Waals surface area contributed by atoms with Crippen LogP contribution in [0.15, 0.2) is 48.6 Å². The first-order valence-electron chi connectivity index (χ1n) is 13.6. The van der Waals surface area contributed by atoms with E-state index in [-0.39, 0.29) is 29.9 Å². The fourth-order valence-corrected chi connectivity index (χ4v) is 5.15. The van der Waals surface area contributed by atoms with Crippen molar-refractivity contribution in [2.75, 3.05) is 6.61 Å². The second-order valence-electron chi connectivity index (χ2n) is 9.89. The Morgan fingerprint density at radius 1 is 0.805 bits per heavy atom. The lowest BCUT2D eigenvalue weighted by Crippen LogP contribution is -2.25. The van der Waals surface area contributed by atoms with Crippen LogP contribution >= 0.6 is 0 Å². The lowest BCUT2D eigenvalue weighted by molar-refractivity contribution is 0.0188. The van der Waals surface area contributed by atoms with Crippen LogP contribution in [0.1, 0.15) is 73.4 Å². The van der Waals surface area contributed by atoms with Crippen molar-refractivity contribution in [2.45, 2.75) is 64.4 Å². The molecule has 3 aromatic carbocycles. The summed E-state index contributed by atoms with van der Waals surface area (Å²) in [5, 5.41) is 0. The van der Waals surface area contributed by atoms with Gasteiger partial charge in [0.1, 0.15) is 6.10 Å². The van der Waals surface area contributed by atoms with Gasteiger partial charge < -0.3 is 9.47 Å². The Balaban J connectivity index is 1.42. The van der Waals surface area contributed by atoms with Gasteiger partial charge in [0.2, 0.25) is 5.82 Å². The Kier molecular flexibility index (Phi) is 9.78. The zero-order valence-corrected chi connectivity index (χ0v) is 22.7. The molecule has 0 heterocycles. The summed E-state index contributed by atoms with van der Waals surface area (Å²) in [4.78, 5) is 12.6.